The molecule has 1 aromatic heterocycles. The van der Waals surface area contributed by atoms with E-state index in [0.717, 1.165) is 34.2 Å². The van der Waals surface area contributed by atoms with Gasteiger partial charge in [-0.1, -0.05) is 12.1 Å². The number of nitrogens with one attached hydrogen (secondary N) is 1. The maximum Gasteiger partial charge on any atom is 0.286 e. The third kappa shape index (κ3) is 4.81. The SMILES string of the molecule is Cn1c(COc2ccc(C[C@@]3(C)SC(=O)NC3=O)cc2)nc2ccc(Oc3ccc(N)cc3)cc21. The fraction of sp³-hybridized carbons (Fsp3) is 0.192. The van der Waals surface area contributed by atoms with Gasteiger partial charge in [0, 0.05) is 18.8 Å². The van der Waals surface area contributed by atoms with Crippen LogP contribution in [-0.2, 0) is 24.9 Å². The van der Waals surface area contributed by atoms with Gasteiger partial charge in [-0.05, 0) is 79.2 Å². The summed E-state index contributed by atoms with van der Waals surface area (Å²) in [6.07, 6.45) is 0.459. The molecule has 1 aliphatic heterocycles. The smallest absolute Gasteiger partial charge is 0.286 e. The minimum absolute atomic E-state index is 0.253. The number of imidazole rings is 1. The van der Waals surface area contributed by atoms with Crippen LogP contribution >= 0.6 is 11.8 Å². The molecule has 5 rings (SSSR count). The van der Waals surface area contributed by atoms with Crippen molar-refractivity contribution in [3.05, 3.63) is 78.1 Å². The number of ether oxygens (including phenoxy) is 2. The summed E-state index contributed by atoms with van der Waals surface area (Å²) in [6.45, 7) is 2.07. The van der Waals surface area contributed by atoms with E-state index < -0.39 is 4.75 Å². The normalized spacial score (nSPS) is 17.5. The molecule has 0 radical (unpaired) electrons. The molecule has 0 aliphatic carbocycles. The molecule has 1 saturated heterocycles. The highest BCUT2D eigenvalue weighted by Gasteiger charge is 2.43. The van der Waals surface area contributed by atoms with E-state index in [1.54, 1.807) is 19.1 Å². The number of carbonyl (C=O) groups is 2. The standard InChI is InChI=1S/C26H24N4O4S/c1-26(24(31)29-25(32)35-26)14-16-3-7-18(8-4-16)33-15-23-28-21-12-11-20(13-22(21)30(23)2)34-19-9-5-17(27)6-10-19/h3-13H,14-15,27H2,1-2H3,(H,29,31,32)/t26-/m1/s1. The van der Waals surface area contributed by atoms with Gasteiger partial charge in [0.05, 0.1) is 11.0 Å². The van der Waals surface area contributed by atoms with E-state index >= 15 is 0 Å². The Balaban J connectivity index is 1.25. The van der Waals surface area contributed by atoms with Crippen molar-refractivity contribution in [2.24, 2.45) is 7.05 Å². The Hall–Kier alpha value is -3.98. The van der Waals surface area contributed by atoms with Gasteiger partial charge in [-0.15, -0.1) is 0 Å². The van der Waals surface area contributed by atoms with Crippen molar-refractivity contribution in [1.82, 2.24) is 14.9 Å². The molecule has 1 fully saturated rings. The van der Waals surface area contributed by atoms with Gasteiger partial charge in [0.2, 0.25) is 5.91 Å². The number of amides is 2. The first-order valence-corrected chi connectivity index (χ1v) is 11.9. The average Bonchev–Trinajstić information content (AvgIpc) is 3.28. The highest BCUT2D eigenvalue weighted by Crippen LogP contribution is 2.35. The largest absolute Gasteiger partial charge is 0.486 e. The Morgan fingerprint density at radius 1 is 1.00 bits per heavy atom. The van der Waals surface area contributed by atoms with Crippen molar-refractivity contribution in [1.29, 1.82) is 0 Å². The second-order valence-corrected chi connectivity index (χ2v) is 10.1. The summed E-state index contributed by atoms with van der Waals surface area (Å²) in [4.78, 5) is 28.3. The van der Waals surface area contributed by atoms with Gasteiger partial charge in [-0.25, -0.2) is 4.98 Å². The molecule has 1 aliphatic rings. The van der Waals surface area contributed by atoms with Crippen LogP contribution in [0.3, 0.4) is 0 Å². The quantitative estimate of drug-likeness (QED) is 0.359. The van der Waals surface area contributed by atoms with E-state index in [1.807, 2.05) is 66.2 Å². The van der Waals surface area contributed by atoms with E-state index in [4.69, 9.17) is 15.2 Å². The fourth-order valence-electron chi connectivity index (χ4n) is 3.94. The van der Waals surface area contributed by atoms with Crippen LogP contribution in [0.4, 0.5) is 10.5 Å². The number of hydrogen-bond donors (Lipinski definition) is 2. The van der Waals surface area contributed by atoms with E-state index in [2.05, 4.69) is 10.3 Å². The van der Waals surface area contributed by atoms with E-state index in [1.165, 1.54) is 0 Å². The Kier molecular flexibility index (Phi) is 5.86. The molecule has 9 heteroatoms. The zero-order valence-electron chi connectivity index (χ0n) is 19.3. The number of carbonyl (C=O) groups excluding carboxylic acids is 2. The van der Waals surface area contributed by atoms with Crippen molar-refractivity contribution < 1.29 is 19.1 Å². The van der Waals surface area contributed by atoms with E-state index in [9.17, 15) is 9.59 Å². The minimum Gasteiger partial charge on any atom is -0.486 e. The van der Waals surface area contributed by atoms with Crippen molar-refractivity contribution in [3.63, 3.8) is 0 Å². The number of imide groups is 1. The predicted molar refractivity (Wildman–Crippen MR) is 136 cm³/mol. The number of aryl methyl sites for hydroxylation is 1. The van der Waals surface area contributed by atoms with Crippen molar-refractivity contribution >= 4 is 39.6 Å². The molecule has 4 aromatic rings. The Morgan fingerprint density at radius 3 is 2.37 bits per heavy atom. The highest BCUT2D eigenvalue weighted by molar-refractivity contribution is 8.16. The molecule has 0 saturated carbocycles. The van der Waals surface area contributed by atoms with Crippen LogP contribution < -0.4 is 20.5 Å². The summed E-state index contributed by atoms with van der Waals surface area (Å²) < 4.78 is 13.1. The summed E-state index contributed by atoms with van der Waals surface area (Å²) in [6, 6.07) is 20.5. The van der Waals surface area contributed by atoms with Gasteiger partial charge in [0.25, 0.3) is 5.24 Å². The van der Waals surface area contributed by atoms with E-state index in [0.29, 0.717) is 36.0 Å². The van der Waals surface area contributed by atoms with Gasteiger partial charge in [0.15, 0.2) is 0 Å². The Morgan fingerprint density at radius 2 is 1.69 bits per heavy atom. The molecule has 0 spiro atoms. The van der Waals surface area contributed by atoms with Crippen LogP contribution in [0, 0.1) is 0 Å². The first-order chi connectivity index (χ1) is 16.8. The lowest BCUT2D eigenvalue weighted by Gasteiger charge is -2.18. The van der Waals surface area contributed by atoms with Crippen molar-refractivity contribution in [3.8, 4) is 17.2 Å². The monoisotopic (exact) mass is 488 g/mol. The molecule has 3 N–H and O–H groups in total. The summed E-state index contributed by atoms with van der Waals surface area (Å²) in [5.74, 6) is 2.63. The molecule has 1 atom stereocenters. The van der Waals surface area contributed by atoms with Crippen LogP contribution in [-0.4, -0.2) is 25.4 Å². The molecule has 0 bridgehead atoms. The number of rotatable bonds is 7. The van der Waals surface area contributed by atoms with Gasteiger partial charge >= 0.3 is 0 Å². The first-order valence-electron chi connectivity index (χ1n) is 11.0. The molecule has 0 unspecified atom stereocenters. The van der Waals surface area contributed by atoms with Crippen molar-refractivity contribution in [2.45, 2.75) is 24.7 Å². The lowest BCUT2D eigenvalue weighted by atomic mass is 9.99. The van der Waals surface area contributed by atoms with Crippen LogP contribution in [0.1, 0.15) is 18.3 Å². The summed E-state index contributed by atoms with van der Waals surface area (Å²) in [7, 11) is 1.94. The van der Waals surface area contributed by atoms with Gasteiger partial charge in [-0.3, -0.25) is 14.9 Å². The summed E-state index contributed by atoms with van der Waals surface area (Å²) in [5.41, 5.74) is 9.16. The second kappa shape index (κ2) is 8.99. The number of hydrogen-bond acceptors (Lipinski definition) is 7. The Labute approximate surface area is 206 Å². The van der Waals surface area contributed by atoms with Crippen LogP contribution in [0.15, 0.2) is 66.7 Å². The van der Waals surface area contributed by atoms with Crippen LogP contribution in [0.5, 0.6) is 17.2 Å². The topological polar surface area (TPSA) is 108 Å². The maximum absolute atomic E-state index is 12.1. The zero-order valence-corrected chi connectivity index (χ0v) is 20.1. The second-order valence-electron chi connectivity index (χ2n) is 8.59. The molecular weight excluding hydrogens is 464 g/mol. The first kappa shape index (κ1) is 22.8. The maximum atomic E-state index is 12.1. The third-order valence-corrected chi connectivity index (χ3v) is 6.98. The number of nitrogen functional groups attached to an aromatic ring is 1. The van der Waals surface area contributed by atoms with Gasteiger partial charge in [0.1, 0.15) is 34.4 Å². The summed E-state index contributed by atoms with van der Waals surface area (Å²) in [5, 5.41) is 2.05. The lowest BCUT2D eigenvalue weighted by molar-refractivity contribution is -0.121. The van der Waals surface area contributed by atoms with Crippen LogP contribution in [0.2, 0.25) is 0 Å². The predicted octanol–water partition coefficient (Wildman–Crippen LogP) is 4.81. The zero-order chi connectivity index (χ0) is 24.6. The highest BCUT2D eigenvalue weighted by atomic mass is 32.2. The molecular formula is C26H24N4O4S. The molecule has 2 amide bonds. The number of thioether (sulfide) groups is 1. The number of aromatic nitrogens is 2. The summed E-state index contributed by atoms with van der Waals surface area (Å²) >= 11 is 1.03. The van der Waals surface area contributed by atoms with E-state index in [-0.39, 0.29) is 11.1 Å². The number of nitrogens with zero attached hydrogens (tertiary/aromatic N) is 2. The number of fused-ring (bicyclic) bond motifs is 1. The van der Waals surface area contributed by atoms with Crippen LogP contribution in [0.25, 0.3) is 11.0 Å². The molecule has 8 nitrogen and oxygen atoms in total. The fourth-order valence-corrected chi connectivity index (χ4v) is 4.88. The minimum atomic E-state index is -0.789. The third-order valence-electron chi connectivity index (χ3n) is 5.91. The van der Waals surface area contributed by atoms with Gasteiger partial charge < -0.3 is 19.8 Å². The number of benzene rings is 3. The molecule has 2 heterocycles. The number of anilines is 1. The van der Waals surface area contributed by atoms with Crippen molar-refractivity contribution in [2.75, 3.05) is 5.73 Å². The average molecular weight is 489 g/mol. The molecule has 3 aromatic carbocycles. The molecule has 178 valence electrons. The molecule has 35 heavy (non-hydrogen) atoms. The lowest BCUT2D eigenvalue weighted by Crippen LogP contribution is -2.35. The Bertz CT molecular complexity index is 1420. The number of nitrogens with two attached hydrogens (primary N) is 1. The van der Waals surface area contributed by atoms with Gasteiger partial charge in [-0.2, -0.15) is 0 Å².